The van der Waals surface area contributed by atoms with Gasteiger partial charge >= 0.3 is 6.03 Å². The molecule has 2 aromatic rings. The Morgan fingerprint density at radius 3 is 2.71 bits per heavy atom. The Bertz CT molecular complexity index is 596. The van der Waals surface area contributed by atoms with Crippen LogP contribution < -0.4 is 10.6 Å². The van der Waals surface area contributed by atoms with E-state index in [9.17, 15) is 9.90 Å². The van der Waals surface area contributed by atoms with Crippen molar-refractivity contribution in [1.82, 2.24) is 10.3 Å². The average molecular weight is 305 g/mol. The Labute approximate surface area is 128 Å². The van der Waals surface area contributed by atoms with Gasteiger partial charge in [0.1, 0.15) is 5.60 Å². The summed E-state index contributed by atoms with van der Waals surface area (Å²) in [6.45, 7) is 3.80. The summed E-state index contributed by atoms with van der Waals surface area (Å²) in [7, 11) is 0. The molecule has 21 heavy (non-hydrogen) atoms. The number of hydrogen-bond acceptors (Lipinski definition) is 4. The smallest absolute Gasteiger partial charge is 0.321 e. The van der Waals surface area contributed by atoms with E-state index in [0.29, 0.717) is 5.13 Å². The molecular weight excluding hydrogens is 286 g/mol. The Kier molecular flexibility index (Phi) is 4.93. The highest BCUT2D eigenvalue weighted by atomic mass is 32.1. The lowest BCUT2D eigenvalue weighted by molar-refractivity contribution is 0.0599. The third-order valence-corrected chi connectivity index (χ3v) is 3.93. The molecule has 0 fully saturated rings. The van der Waals surface area contributed by atoms with Crippen LogP contribution in [0.5, 0.6) is 0 Å². The summed E-state index contributed by atoms with van der Waals surface area (Å²) in [5, 5.41) is 18.2. The van der Waals surface area contributed by atoms with Gasteiger partial charge in [-0.1, -0.05) is 37.3 Å². The molecule has 0 aliphatic heterocycles. The van der Waals surface area contributed by atoms with E-state index in [2.05, 4.69) is 15.6 Å². The maximum Gasteiger partial charge on any atom is 0.321 e. The first kappa shape index (κ1) is 15.5. The summed E-state index contributed by atoms with van der Waals surface area (Å²) in [5.41, 5.74) is 0.593. The highest BCUT2D eigenvalue weighted by molar-refractivity contribution is 7.13. The van der Waals surface area contributed by atoms with E-state index in [1.54, 1.807) is 6.92 Å². The fraction of sp³-hybridized carbons (Fsp3) is 0.333. The minimum atomic E-state index is -1.12. The van der Waals surface area contributed by atoms with Crippen molar-refractivity contribution < 1.29 is 9.90 Å². The Hall–Kier alpha value is -1.92. The summed E-state index contributed by atoms with van der Waals surface area (Å²) in [4.78, 5) is 16.1. The predicted molar refractivity (Wildman–Crippen MR) is 84.5 cm³/mol. The number of thiazole rings is 1. The van der Waals surface area contributed by atoms with Crippen LogP contribution in [0.2, 0.25) is 0 Å². The number of aromatic nitrogens is 1. The first-order chi connectivity index (χ1) is 10.0. The van der Waals surface area contributed by atoms with Gasteiger partial charge in [0.05, 0.1) is 12.2 Å². The highest BCUT2D eigenvalue weighted by Crippen LogP contribution is 2.19. The number of aliphatic hydroxyl groups is 1. The lowest BCUT2D eigenvalue weighted by atomic mass is 9.96. The Morgan fingerprint density at radius 2 is 2.10 bits per heavy atom. The van der Waals surface area contributed by atoms with Crippen LogP contribution in [0.25, 0.3) is 0 Å². The number of carbonyl (C=O) groups is 1. The Balaban J connectivity index is 1.88. The van der Waals surface area contributed by atoms with E-state index in [1.807, 2.05) is 42.6 Å². The number of urea groups is 1. The zero-order valence-corrected chi connectivity index (χ0v) is 12.9. The topological polar surface area (TPSA) is 74.2 Å². The zero-order chi connectivity index (χ0) is 15.3. The fourth-order valence-corrected chi connectivity index (χ4v) is 2.61. The van der Waals surface area contributed by atoms with Gasteiger partial charge in [0, 0.05) is 5.38 Å². The molecule has 0 saturated heterocycles. The van der Waals surface area contributed by atoms with Crippen molar-refractivity contribution in [3.63, 3.8) is 0 Å². The molecule has 1 aromatic carbocycles. The van der Waals surface area contributed by atoms with Gasteiger partial charge in [-0.2, -0.15) is 0 Å². The molecule has 3 N–H and O–H groups in total. The van der Waals surface area contributed by atoms with Crippen LogP contribution in [0, 0.1) is 0 Å². The second-order valence-electron chi connectivity index (χ2n) is 4.95. The van der Waals surface area contributed by atoms with Crippen LogP contribution in [-0.4, -0.2) is 22.7 Å². The lowest BCUT2D eigenvalue weighted by Crippen LogP contribution is -2.40. The standard InChI is InChI=1S/C15H19N3O2S/c1-3-12-9-21-14(17-12)18-13(19)16-10-15(2,20)11-7-5-4-6-8-11/h4-9,20H,3,10H2,1-2H3,(H2,16,17,18,19). The number of hydrogen-bond donors (Lipinski definition) is 3. The number of carbonyl (C=O) groups excluding carboxylic acids is 1. The van der Waals surface area contributed by atoms with Crippen molar-refractivity contribution >= 4 is 22.5 Å². The van der Waals surface area contributed by atoms with Gasteiger partial charge in [0.15, 0.2) is 5.13 Å². The van der Waals surface area contributed by atoms with Crippen LogP contribution in [0.15, 0.2) is 35.7 Å². The summed E-state index contributed by atoms with van der Waals surface area (Å²) in [5.74, 6) is 0. The number of anilines is 1. The first-order valence-electron chi connectivity index (χ1n) is 6.78. The van der Waals surface area contributed by atoms with Crippen molar-refractivity contribution in [2.24, 2.45) is 0 Å². The SMILES string of the molecule is CCc1csc(NC(=O)NCC(C)(O)c2ccccc2)n1. The molecule has 0 saturated carbocycles. The van der Waals surface area contributed by atoms with Crippen LogP contribution >= 0.6 is 11.3 Å². The third kappa shape index (κ3) is 4.27. The van der Waals surface area contributed by atoms with Gasteiger partial charge in [-0.15, -0.1) is 11.3 Å². The van der Waals surface area contributed by atoms with Crippen LogP contribution in [0.3, 0.4) is 0 Å². The minimum absolute atomic E-state index is 0.120. The molecule has 0 bridgehead atoms. The molecule has 0 spiro atoms. The molecule has 6 heteroatoms. The average Bonchev–Trinajstić information content (AvgIpc) is 2.94. The van der Waals surface area contributed by atoms with Crippen LogP contribution in [0.1, 0.15) is 25.1 Å². The monoisotopic (exact) mass is 305 g/mol. The zero-order valence-electron chi connectivity index (χ0n) is 12.1. The molecule has 112 valence electrons. The maximum atomic E-state index is 11.8. The van der Waals surface area contributed by atoms with Gasteiger partial charge in [-0.3, -0.25) is 5.32 Å². The molecule has 0 aliphatic rings. The van der Waals surface area contributed by atoms with Crippen molar-refractivity contribution in [3.8, 4) is 0 Å². The molecule has 1 heterocycles. The number of aryl methyl sites for hydroxylation is 1. The number of benzene rings is 1. The molecule has 5 nitrogen and oxygen atoms in total. The van der Waals surface area contributed by atoms with Crippen molar-refractivity contribution in [2.45, 2.75) is 25.9 Å². The van der Waals surface area contributed by atoms with Gasteiger partial charge in [-0.05, 0) is 18.9 Å². The first-order valence-corrected chi connectivity index (χ1v) is 7.66. The summed E-state index contributed by atoms with van der Waals surface area (Å²) >= 11 is 1.39. The van der Waals surface area contributed by atoms with E-state index < -0.39 is 5.60 Å². The molecule has 0 radical (unpaired) electrons. The highest BCUT2D eigenvalue weighted by Gasteiger charge is 2.23. The molecular formula is C15H19N3O2S. The fourth-order valence-electron chi connectivity index (χ4n) is 1.82. The second kappa shape index (κ2) is 6.69. The predicted octanol–water partition coefficient (Wildman–Crippen LogP) is 2.73. The number of rotatable bonds is 5. The number of amides is 2. The molecule has 2 rings (SSSR count). The molecule has 0 aliphatic carbocycles. The summed E-state index contributed by atoms with van der Waals surface area (Å²) < 4.78 is 0. The molecule has 1 aromatic heterocycles. The lowest BCUT2D eigenvalue weighted by Gasteiger charge is -2.24. The second-order valence-corrected chi connectivity index (χ2v) is 5.80. The van der Waals surface area contributed by atoms with Crippen LogP contribution in [0.4, 0.5) is 9.93 Å². The van der Waals surface area contributed by atoms with Crippen molar-refractivity contribution in [3.05, 3.63) is 47.0 Å². The van der Waals surface area contributed by atoms with Crippen molar-refractivity contribution in [2.75, 3.05) is 11.9 Å². The van der Waals surface area contributed by atoms with Crippen molar-refractivity contribution in [1.29, 1.82) is 0 Å². The largest absolute Gasteiger partial charge is 0.384 e. The molecule has 2 amide bonds. The normalized spacial score (nSPS) is 13.5. The third-order valence-electron chi connectivity index (χ3n) is 3.12. The van der Waals surface area contributed by atoms with Gasteiger partial charge in [0.25, 0.3) is 0 Å². The number of nitrogens with one attached hydrogen (secondary N) is 2. The van der Waals surface area contributed by atoms with E-state index >= 15 is 0 Å². The van der Waals surface area contributed by atoms with E-state index in [1.165, 1.54) is 11.3 Å². The minimum Gasteiger partial charge on any atom is -0.384 e. The van der Waals surface area contributed by atoms with Gasteiger partial charge < -0.3 is 10.4 Å². The molecule has 1 unspecified atom stereocenters. The summed E-state index contributed by atoms with van der Waals surface area (Å²) in [6.07, 6.45) is 0.836. The maximum absolute atomic E-state index is 11.8. The number of nitrogens with zero attached hydrogens (tertiary/aromatic N) is 1. The van der Waals surface area contributed by atoms with E-state index in [-0.39, 0.29) is 12.6 Å². The molecule has 1 atom stereocenters. The Morgan fingerprint density at radius 1 is 1.38 bits per heavy atom. The van der Waals surface area contributed by atoms with Gasteiger partial charge in [-0.25, -0.2) is 9.78 Å². The summed E-state index contributed by atoms with van der Waals surface area (Å²) in [6, 6.07) is 8.87. The quantitative estimate of drug-likeness (QED) is 0.795. The van der Waals surface area contributed by atoms with Crippen LogP contribution in [-0.2, 0) is 12.0 Å². The van der Waals surface area contributed by atoms with Gasteiger partial charge in [0.2, 0.25) is 0 Å². The van der Waals surface area contributed by atoms with E-state index in [4.69, 9.17) is 0 Å². The van der Waals surface area contributed by atoms with E-state index in [0.717, 1.165) is 17.7 Å².